The lowest BCUT2D eigenvalue weighted by molar-refractivity contribution is -0.137. The van der Waals surface area contributed by atoms with Crippen LogP contribution in [0.25, 0.3) is 22.3 Å². The standard InChI is InChI=1S/C31H21BrClF4N3O3/c1-2-42-25-15-20(26(32)27(33)28(25)43-17-19-8-3-5-12-23(19)34)16-38-40-29(18-9-7-10-21(14-18)31(35,36)37)39-24-13-6-4-11-22(24)30(40)41/h3-16H,2,17H2,1H3. The number of benzene rings is 4. The number of halogens is 6. The molecule has 0 fully saturated rings. The van der Waals surface area contributed by atoms with Crippen molar-refractivity contribution in [3.05, 3.63) is 121 Å². The van der Waals surface area contributed by atoms with Crippen molar-refractivity contribution in [1.82, 2.24) is 9.66 Å². The summed E-state index contributed by atoms with van der Waals surface area (Å²) in [6.45, 7) is 1.88. The maximum atomic E-state index is 14.2. The highest BCUT2D eigenvalue weighted by molar-refractivity contribution is 9.10. The first-order valence-electron chi connectivity index (χ1n) is 12.8. The van der Waals surface area contributed by atoms with Gasteiger partial charge in [-0.25, -0.2) is 9.37 Å². The van der Waals surface area contributed by atoms with E-state index in [1.54, 1.807) is 55.5 Å². The Bertz CT molecular complexity index is 1910. The van der Waals surface area contributed by atoms with Gasteiger partial charge in [-0.2, -0.15) is 22.9 Å². The Labute approximate surface area is 256 Å². The van der Waals surface area contributed by atoms with Crippen molar-refractivity contribution < 1.29 is 27.0 Å². The van der Waals surface area contributed by atoms with Gasteiger partial charge in [0.2, 0.25) is 0 Å². The largest absolute Gasteiger partial charge is 0.490 e. The second-order valence-electron chi connectivity index (χ2n) is 9.13. The van der Waals surface area contributed by atoms with Crippen molar-refractivity contribution in [2.24, 2.45) is 5.10 Å². The molecule has 0 spiro atoms. The molecule has 0 bridgehead atoms. The Hall–Kier alpha value is -4.22. The van der Waals surface area contributed by atoms with E-state index in [4.69, 9.17) is 21.1 Å². The molecule has 5 aromatic rings. The number of fused-ring (bicyclic) bond motifs is 1. The van der Waals surface area contributed by atoms with Gasteiger partial charge in [-0.3, -0.25) is 4.79 Å². The molecular formula is C31H21BrClF4N3O3. The lowest BCUT2D eigenvalue weighted by Crippen LogP contribution is -2.20. The minimum atomic E-state index is -4.60. The molecule has 12 heteroatoms. The summed E-state index contributed by atoms with van der Waals surface area (Å²) in [4.78, 5) is 18.0. The van der Waals surface area contributed by atoms with E-state index in [1.165, 1.54) is 24.4 Å². The van der Waals surface area contributed by atoms with Crippen LogP contribution < -0.4 is 15.0 Å². The summed E-state index contributed by atoms with van der Waals surface area (Å²) in [5, 5.41) is 4.66. The van der Waals surface area contributed by atoms with Crippen LogP contribution in [0.2, 0.25) is 5.02 Å². The molecule has 0 aliphatic carbocycles. The Kier molecular flexibility index (Phi) is 8.84. The molecule has 43 heavy (non-hydrogen) atoms. The predicted octanol–water partition coefficient (Wildman–Crippen LogP) is 8.50. The molecule has 0 saturated carbocycles. The average Bonchev–Trinajstić information content (AvgIpc) is 2.99. The monoisotopic (exact) mass is 673 g/mol. The van der Waals surface area contributed by atoms with Gasteiger partial charge >= 0.3 is 6.18 Å². The summed E-state index contributed by atoms with van der Waals surface area (Å²) in [6.07, 6.45) is -3.30. The van der Waals surface area contributed by atoms with Crippen molar-refractivity contribution >= 4 is 44.6 Å². The van der Waals surface area contributed by atoms with Crippen LogP contribution in [0.15, 0.2) is 93.2 Å². The molecular weight excluding hydrogens is 654 g/mol. The van der Waals surface area contributed by atoms with Crippen LogP contribution in [0.5, 0.6) is 11.5 Å². The Morgan fingerprint density at radius 2 is 1.77 bits per heavy atom. The highest BCUT2D eigenvalue weighted by atomic mass is 79.9. The molecule has 0 aliphatic rings. The van der Waals surface area contributed by atoms with Crippen molar-refractivity contribution in [2.45, 2.75) is 19.7 Å². The second-order valence-corrected chi connectivity index (χ2v) is 10.3. The fourth-order valence-electron chi connectivity index (χ4n) is 4.23. The minimum absolute atomic E-state index is 0.0406. The van der Waals surface area contributed by atoms with Gasteiger partial charge in [0.25, 0.3) is 5.56 Å². The average molecular weight is 675 g/mol. The van der Waals surface area contributed by atoms with Gasteiger partial charge in [0.15, 0.2) is 17.3 Å². The maximum Gasteiger partial charge on any atom is 0.416 e. The third-order valence-electron chi connectivity index (χ3n) is 6.30. The fraction of sp³-hybridized carbons (Fsp3) is 0.129. The number of ether oxygens (including phenoxy) is 2. The van der Waals surface area contributed by atoms with Crippen LogP contribution >= 0.6 is 27.5 Å². The molecule has 5 rings (SSSR count). The first-order valence-corrected chi connectivity index (χ1v) is 14.0. The summed E-state index contributed by atoms with van der Waals surface area (Å²) in [5.41, 5.74) is -0.477. The van der Waals surface area contributed by atoms with Gasteiger partial charge < -0.3 is 9.47 Å². The normalized spacial score (nSPS) is 11.8. The van der Waals surface area contributed by atoms with Gasteiger partial charge in [-0.05, 0) is 59.3 Å². The molecule has 0 N–H and O–H groups in total. The van der Waals surface area contributed by atoms with Gasteiger partial charge in [0.05, 0.1) is 29.3 Å². The van der Waals surface area contributed by atoms with Gasteiger partial charge in [0.1, 0.15) is 17.4 Å². The first-order chi connectivity index (χ1) is 20.6. The number of nitrogens with zero attached hydrogens (tertiary/aromatic N) is 3. The van der Waals surface area contributed by atoms with Crippen molar-refractivity contribution in [1.29, 1.82) is 0 Å². The molecule has 0 aliphatic heterocycles. The van der Waals surface area contributed by atoms with Crippen molar-refractivity contribution in [2.75, 3.05) is 6.61 Å². The summed E-state index contributed by atoms with van der Waals surface area (Å²) in [7, 11) is 0. The Morgan fingerprint density at radius 3 is 2.51 bits per heavy atom. The summed E-state index contributed by atoms with van der Waals surface area (Å²) >= 11 is 10.1. The molecule has 0 atom stereocenters. The molecule has 0 amide bonds. The van der Waals surface area contributed by atoms with E-state index < -0.39 is 23.1 Å². The molecule has 1 heterocycles. The number of aromatic nitrogens is 2. The molecule has 0 radical (unpaired) electrons. The van der Waals surface area contributed by atoms with E-state index in [1.807, 2.05) is 0 Å². The van der Waals surface area contributed by atoms with Gasteiger partial charge in [-0.15, -0.1) is 0 Å². The van der Waals surface area contributed by atoms with Crippen LogP contribution in [0, 0.1) is 5.82 Å². The van der Waals surface area contributed by atoms with Crippen LogP contribution in [0.3, 0.4) is 0 Å². The van der Waals surface area contributed by atoms with Gasteiger partial charge in [-0.1, -0.05) is 54.1 Å². The third kappa shape index (κ3) is 6.42. The molecule has 4 aromatic carbocycles. The topological polar surface area (TPSA) is 65.7 Å². The van der Waals surface area contributed by atoms with E-state index in [2.05, 4.69) is 26.0 Å². The van der Waals surface area contributed by atoms with Crippen LogP contribution in [0.1, 0.15) is 23.6 Å². The van der Waals surface area contributed by atoms with Crippen LogP contribution in [-0.2, 0) is 12.8 Å². The second kappa shape index (κ2) is 12.6. The Balaban J connectivity index is 1.60. The number of alkyl halides is 3. The zero-order valence-electron chi connectivity index (χ0n) is 22.3. The van der Waals surface area contributed by atoms with Crippen molar-refractivity contribution in [3.8, 4) is 22.9 Å². The van der Waals surface area contributed by atoms with Crippen LogP contribution in [-0.4, -0.2) is 22.5 Å². The van der Waals surface area contributed by atoms with E-state index >= 15 is 0 Å². The smallest absolute Gasteiger partial charge is 0.416 e. The zero-order chi connectivity index (χ0) is 30.7. The number of hydrogen-bond acceptors (Lipinski definition) is 5. The SMILES string of the molecule is CCOc1cc(C=Nn2c(-c3cccc(C(F)(F)F)c3)nc3ccccc3c2=O)c(Br)c(Cl)c1OCc1ccccc1F. The molecule has 0 unspecified atom stereocenters. The zero-order valence-corrected chi connectivity index (χ0v) is 24.7. The quantitative estimate of drug-likeness (QED) is 0.122. The lowest BCUT2D eigenvalue weighted by Gasteiger charge is -2.16. The Morgan fingerprint density at radius 1 is 1.02 bits per heavy atom. The number of rotatable bonds is 8. The molecule has 1 aromatic heterocycles. The minimum Gasteiger partial charge on any atom is -0.490 e. The summed E-state index contributed by atoms with van der Waals surface area (Å²) < 4.78 is 67.5. The summed E-state index contributed by atoms with van der Waals surface area (Å²) in [5.74, 6) is -0.144. The highest BCUT2D eigenvalue weighted by Crippen LogP contribution is 2.43. The third-order valence-corrected chi connectivity index (χ3v) is 7.74. The molecule has 220 valence electrons. The van der Waals surface area contributed by atoms with E-state index in [0.717, 1.165) is 16.8 Å². The first kappa shape index (κ1) is 30.2. The van der Waals surface area contributed by atoms with Gasteiger partial charge in [0, 0.05) is 21.2 Å². The van der Waals surface area contributed by atoms with E-state index in [0.29, 0.717) is 21.1 Å². The van der Waals surface area contributed by atoms with E-state index in [-0.39, 0.29) is 46.5 Å². The highest BCUT2D eigenvalue weighted by Gasteiger charge is 2.31. The lowest BCUT2D eigenvalue weighted by atomic mass is 10.1. The van der Waals surface area contributed by atoms with Crippen LogP contribution in [0.4, 0.5) is 17.6 Å². The predicted molar refractivity (Wildman–Crippen MR) is 160 cm³/mol. The number of para-hydroxylation sites is 1. The van der Waals surface area contributed by atoms with Crippen molar-refractivity contribution in [3.63, 3.8) is 0 Å². The fourth-order valence-corrected chi connectivity index (χ4v) is 4.89. The molecule has 0 saturated heterocycles. The maximum absolute atomic E-state index is 14.2. The number of hydrogen-bond donors (Lipinski definition) is 0. The summed E-state index contributed by atoms with van der Waals surface area (Å²) in [6, 6.07) is 18.6. The van der Waals surface area contributed by atoms with E-state index in [9.17, 15) is 22.4 Å². The molecule has 6 nitrogen and oxygen atoms in total.